The topological polar surface area (TPSA) is 51.1 Å². The molecule has 1 aromatic heterocycles. The molecule has 0 saturated carbocycles. The molecule has 0 spiro atoms. The number of hydrogen-bond acceptors (Lipinski definition) is 2. The molecule has 1 heterocycles. The Morgan fingerprint density at radius 3 is 2.47 bits per heavy atom. The molecule has 1 N–H and O–H groups in total. The summed E-state index contributed by atoms with van der Waals surface area (Å²) >= 11 is 0. The van der Waals surface area contributed by atoms with Crippen LogP contribution >= 0.6 is 0 Å². The van der Waals surface area contributed by atoms with E-state index in [2.05, 4.69) is 5.32 Å². The van der Waals surface area contributed by atoms with Gasteiger partial charge in [-0.1, -0.05) is 24.3 Å². The molecule has 0 saturated heterocycles. The van der Waals surface area contributed by atoms with Gasteiger partial charge in [-0.05, 0) is 30.7 Å². The molecule has 3 aromatic rings. The van der Waals surface area contributed by atoms with Crippen LogP contribution in [0.2, 0.25) is 0 Å². The number of aromatic nitrogens is 1. The van der Waals surface area contributed by atoms with Gasteiger partial charge in [0, 0.05) is 24.2 Å². The summed E-state index contributed by atoms with van der Waals surface area (Å²) < 4.78 is 66.5. The van der Waals surface area contributed by atoms with Crippen LogP contribution in [0, 0.1) is 18.6 Å². The van der Waals surface area contributed by atoms with Gasteiger partial charge in [0.05, 0.1) is 17.4 Å². The monoisotopic (exact) mass is 424 g/mol. The van der Waals surface area contributed by atoms with Crippen LogP contribution < -0.4 is 10.9 Å². The van der Waals surface area contributed by atoms with Crippen LogP contribution in [-0.4, -0.2) is 16.7 Å². The first-order chi connectivity index (χ1) is 14.1. The highest BCUT2D eigenvalue weighted by atomic mass is 19.4. The molecule has 0 radical (unpaired) electrons. The highest BCUT2D eigenvalue weighted by Gasteiger charge is 2.28. The Hall–Kier alpha value is -3.23. The maximum Gasteiger partial charge on any atom is 0.390 e. The Balaban J connectivity index is 2.06. The molecule has 0 aliphatic carbocycles. The van der Waals surface area contributed by atoms with Crippen molar-refractivity contribution in [1.82, 2.24) is 9.88 Å². The van der Waals surface area contributed by atoms with Gasteiger partial charge in [-0.2, -0.15) is 13.2 Å². The molecule has 4 nitrogen and oxygen atoms in total. The third kappa shape index (κ3) is 4.50. The average molecular weight is 424 g/mol. The summed E-state index contributed by atoms with van der Waals surface area (Å²) in [5.74, 6) is -2.14. The van der Waals surface area contributed by atoms with Gasteiger partial charge in [0.1, 0.15) is 11.6 Å². The zero-order valence-corrected chi connectivity index (χ0v) is 15.8. The van der Waals surface area contributed by atoms with Crippen LogP contribution in [0.1, 0.15) is 28.0 Å². The summed E-state index contributed by atoms with van der Waals surface area (Å²) in [6.07, 6.45) is -5.84. The molecule has 2 aromatic carbocycles. The Kier molecular flexibility index (Phi) is 5.91. The number of carbonyl (C=O) groups is 1. The van der Waals surface area contributed by atoms with E-state index in [9.17, 15) is 31.5 Å². The number of alkyl halides is 3. The molecule has 0 aliphatic rings. The van der Waals surface area contributed by atoms with E-state index in [-0.39, 0.29) is 23.2 Å². The lowest BCUT2D eigenvalue weighted by molar-refractivity contribution is -0.136. The van der Waals surface area contributed by atoms with E-state index in [1.807, 2.05) is 0 Å². The van der Waals surface area contributed by atoms with E-state index in [0.717, 1.165) is 10.6 Å². The van der Waals surface area contributed by atoms with E-state index in [4.69, 9.17) is 0 Å². The van der Waals surface area contributed by atoms with E-state index < -0.39 is 47.6 Å². The summed E-state index contributed by atoms with van der Waals surface area (Å²) in [6.45, 7) is 0.524. The first-order valence-corrected chi connectivity index (χ1v) is 8.99. The second-order valence-corrected chi connectivity index (χ2v) is 6.76. The van der Waals surface area contributed by atoms with Gasteiger partial charge in [0.25, 0.3) is 11.5 Å². The molecule has 1 amide bonds. The predicted molar refractivity (Wildman–Crippen MR) is 101 cm³/mol. The smallest absolute Gasteiger partial charge is 0.348 e. The lowest BCUT2D eigenvalue weighted by atomic mass is 10.0. The molecule has 0 bridgehead atoms. The minimum Gasteiger partial charge on any atom is -0.348 e. The van der Waals surface area contributed by atoms with Crippen LogP contribution in [0.3, 0.4) is 0 Å². The van der Waals surface area contributed by atoms with E-state index in [1.54, 1.807) is 6.07 Å². The van der Waals surface area contributed by atoms with Crippen molar-refractivity contribution >= 4 is 16.7 Å². The molecule has 0 aliphatic heterocycles. The van der Waals surface area contributed by atoms with Gasteiger partial charge in [0.2, 0.25) is 0 Å². The maximum atomic E-state index is 14.4. The van der Waals surface area contributed by atoms with Crippen LogP contribution in [0.5, 0.6) is 0 Å². The van der Waals surface area contributed by atoms with Gasteiger partial charge in [-0.3, -0.25) is 9.59 Å². The Morgan fingerprint density at radius 2 is 1.80 bits per heavy atom. The molecule has 0 unspecified atom stereocenters. The van der Waals surface area contributed by atoms with E-state index >= 15 is 0 Å². The van der Waals surface area contributed by atoms with Crippen LogP contribution in [0.25, 0.3) is 10.8 Å². The van der Waals surface area contributed by atoms with Gasteiger partial charge in [0.15, 0.2) is 0 Å². The lowest BCUT2D eigenvalue weighted by Crippen LogP contribution is -2.31. The largest absolute Gasteiger partial charge is 0.390 e. The maximum absolute atomic E-state index is 14.4. The number of fused-ring (bicyclic) bond motifs is 1. The molecule has 30 heavy (non-hydrogen) atoms. The van der Waals surface area contributed by atoms with Crippen molar-refractivity contribution in [2.24, 2.45) is 0 Å². The number of hydrogen-bond donors (Lipinski definition) is 1. The third-order valence-corrected chi connectivity index (χ3v) is 4.70. The van der Waals surface area contributed by atoms with Crippen LogP contribution in [0.4, 0.5) is 22.0 Å². The van der Waals surface area contributed by atoms with Crippen molar-refractivity contribution in [3.05, 3.63) is 81.3 Å². The second kappa shape index (κ2) is 8.25. The highest BCUT2D eigenvalue weighted by Crippen LogP contribution is 2.24. The number of pyridine rings is 1. The fourth-order valence-corrected chi connectivity index (χ4v) is 3.28. The van der Waals surface area contributed by atoms with Gasteiger partial charge in [-0.15, -0.1) is 0 Å². The molecule has 158 valence electrons. The third-order valence-electron chi connectivity index (χ3n) is 4.70. The van der Waals surface area contributed by atoms with Crippen molar-refractivity contribution in [3.63, 3.8) is 0 Å². The zero-order chi connectivity index (χ0) is 22.1. The number of nitrogens with one attached hydrogen (secondary N) is 1. The molecule has 0 fully saturated rings. The molecular weight excluding hydrogens is 407 g/mol. The Labute approximate surface area is 167 Å². The minimum atomic E-state index is -4.53. The number of halogens is 5. The number of nitrogens with zero attached hydrogens (tertiary/aromatic N) is 1. The van der Waals surface area contributed by atoms with Gasteiger partial charge >= 0.3 is 6.18 Å². The number of rotatable bonds is 5. The molecule has 3 rings (SSSR count). The predicted octanol–water partition coefficient (Wildman–Crippen LogP) is 4.47. The quantitative estimate of drug-likeness (QED) is 0.615. The van der Waals surface area contributed by atoms with Crippen molar-refractivity contribution in [1.29, 1.82) is 0 Å². The van der Waals surface area contributed by atoms with Crippen LogP contribution in [-0.2, 0) is 13.1 Å². The van der Waals surface area contributed by atoms with Gasteiger partial charge in [-0.25, -0.2) is 8.78 Å². The molecule has 9 heteroatoms. The average Bonchev–Trinajstić information content (AvgIpc) is 2.65. The SMILES string of the molecule is Cc1c(C(=O)NCc2cccc(F)c2)c2cccc(F)c2c(=O)n1CCC(F)(F)F. The zero-order valence-electron chi connectivity index (χ0n) is 15.8. The lowest BCUT2D eigenvalue weighted by Gasteiger charge is -2.18. The molecular formula is C21H17F5N2O2. The summed E-state index contributed by atoms with van der Waals surface area (Å²) in [4.78, 5) is 25.5. The van der Waals surface area contributed by atoms with Crippen molar-refractivity contribution in [2.75, 3.05) is 0 Å². The van der Waals surface area contributed by atoms with Crippen LogP contribution in [0.15, 0.2) is 47.3 Å². The van der Waals surface area contributed by atoms with Crippen molar-refractivity contribution < 1.29 is 26.7 Å². The normalized spacial score (nSPS) is 11.7. The molecule has 0 atom stereocenters. The van der Waals surface area contributed by atoms with Gasteiger partial charge < -0.3 is 9.88 Å². The fraction of sp³-hybridized carbons (Fsp3) is 0.238. The number of carbonyl (C=O) groups excluding carboxylic acids is 1. The highest BCUT2D eigenvalue weighted by molar-refractivity contribution is 6.07. The second-order valence-electron chi connectivity index (χ2n) is 6.76. The minimum absolute atomic E-state index is 0.00231. The summed E-state index contributed by atoms with van der Waals surface area (Å²) in [7, 11) is 0. The first-order valence-electron chi connectivity index (χ1n) is 8.99. The van der Waals surface area contributed by atoms with E-state index in [1.165, 1.54) is 37.3 Å². The summed E-state index contributed by atoms with van der Waals surface area (Å²) in [6, 6.07) is 9.17. The summed E-state index contributed by atoms with van der Waals surface area (Å²) in [5, 5.41) is 2.09. The number of benzene rings is 2. The Morgan fingerprint density at radius 1 is 1.10 bits per heavy atom. The number of amides is 1. The van der Waals surface area contributed by atoms with E-state index in [0.29, 0.717) is 5.56 Å². The van der Waals surface area contributed by atoms with Crippen molar-refractivity contribution in [2.45, 2.75) is 32.6 Å². The standard InChI is InChI=1S/C21H17F5N2O2/c1-12-17(19(29)27-11-13-4-2-5-14(22)10-13)15-6-3-7-16(23)18(15)20(30)28(12)9-8-21(24,25)26/h2-7,10H,8-9,11H2,1H3,(H,27,29). The summed E-state index contributed by atoms with van der Waals surface area (Å²) in [5.41, 5.74) is -0.602. The van der Waals surface area contributed by atoms with Crippen molar-refractivity contribution in [3.8, 4) is 0 Å². The Bertz CT molecular complexity index is 1170. The first kappa shape index (κ1) is 21.5. The fourth-order valence-electron chi connectivity index (χ4n) is 3.28.